The van der Waals surface area contributed by atoms with E-state index in [0.29, 0.717) is 0 Å². The van der Waals surface area contributed by atoms with Gasteiger partial charge in [0.1, 0.15) is 34.5 Å². The fourth-order valence-corrected chi connectivity index (χ4v) is 5.58. The van der Waals surface area contributed by atoms with Gasteiger partial charge in [0.15, 0.2) is 33.9 Å². The lowest BCUT2D eigenvalue weighted by Crippen LogP contribution is -2.27. The van der Waals surface area contributed by atoms with Crippen LogP contribution in [0.5, 0.6) is 17.4 Å². The number of aromatic nitrogens is 6. The van der Waals surface area contributed by atoms with Crippen molar-refractivity contribution in [3.05, 3.63) is 66.3 Å². The first-order valence-corrected chi connectivity index (χ1v) is 14.1. The van der Waals surface area contributed by atoms with Gasteiger partial charge in [0.25, 0.3) is 0 Å². The highest BCUT2D eigenvalue weighted by atomic mass is 32.2. The smallest absolute Gasteiger partial charge is 0.422 e. The lowest BCUT2D eigenvalue weighted by atomic mass is 10.1. The van der Waals surface area contributed by atoms with Crippen LogP contribution in [0.4, 0.5) is 17.6 Å². The predicted octanol–water partition coefficient (Wildman–Crippen LogP) is 4.32. The first-order valence-electron chi connectivity index (χ1n) is 12.4. The van der Waals surface area contributed by atoms with E-state index in [-0.39, 0.29) is 46.2 Å². The Labute approximate surface area is 238 Å². The topological polar surface area (TPSA) is 131 Å². The number of para-hydroxylation sites is 1. The zero-order chi connectivity index (χ0) is 30.7. The molecule has 0 amide bonds. The van der Waals surface area contributed by atoms with E-state index in [1.165, 1.54) is 43.9 Å². The SMILES string of the molecule is COc1cccc(OC)c1-n1c(CS(=O)(=O)[C@@H](C)[C@H](C)c2ncc(F)cn2)nnc1-c1cccc(OCC(F)(F)F)n1. The summed E-state index contributed by atoms with van der Waals surface area (Å²) in [5.41, 5.74) is 0.276. The molecule has 0 spiro atoms. The van der Waals surface area contributed by atoms with Gasteiger partial charge in [0, 0.05) is 12.0 Å². The van der Waals surface area contributed by atoms with Crippen LogP contribution in [0.15, 0.2) is 48.8 Å². The molecule has 4 rings (SSSR count). The van der Waals surface area contributed by atoms with Crippen LogP contribution >= 0.6 is 0 Å². The maximum absolute atomic E-state index is 13.6. The highest BCUT2D eigenvalue weighted by Gasteiger charge is 2.33. The summed E-state index contributed by atoms with van der Waals surface area (Å²) in [7, 11) is -1.20. The Morgan fingerprint density at radius 1 is 0.952 bits per heavy atom. The number of nitrogens with zero attached hydrogens (tertiary/aromatic N) is 6. The Hall–Kier alpha value is -4.34. The van der Waals surface area contributed by atoms with Crippen LogP contribution in [0.25, 0.3) is 17.2 Å². The normalized spacial score (nSPS) is 13.4. The number of sulfone groups is 1. The number of ether oxygens (including phenoxy) is 3. The van der Waals surface area contributed by atoms with Gasteiger partial charge in [-0.3, -0.25) is 4.57 Å². The van der Waals surface area contributed by atoms with Crippen LogP contribution in [-0.2, 0) is 15.6 Å². The van der Waals surface area contributed by atoms with Crippen LogP contribution in [0.1, 0.15) is 31.4 Å². The summed E-state index contributed by atoms with van der Waals surface area (Å²) in [6.45, 7) is 1.51. The third-order valence-corrected chi connectivity index (χ3v) is 8.54. The Morgan fingerprint density at radius 3 is 2.17 bits per heavy atom. The first kappa shape index (κ1) is 30.6. The minimum Gasteiger partial charge on any atom is -0.494 e. The minimum atomic E-state index is -4.59. The summed E-state index contributed by atoms with van der Waals surface area (Å²) in [5.74, 6) is -1.73. The standard InChI is InChI=1S/C26H26F4N6O5S/c1-15(24-31-11-17(27)12-32-24)16(2)42(37,38)13-21-34-35-25(18-7-5-10-22(33-18)41-14-26(28,29)30)36(21)23-19(39-3)8-6-9-20(23)40-4/h5-12,15-16H,13-14H2,1-4H3/t15-,16-/m0/s1. The van der Waals surface area contributed by atoms with E-state index in [2.05, 4.69) is 25.1 Å². The quantitative estimate of drug-likeness (QED) is 0.226. The maximum Gasteiger partial charge on any atom is 0.422 e. The summed E-state index contributed by atoms with van der Waals surface area (Å²) >= 11 is 0. The number of alkyl halides is 3. The molecule has 1 aromatic carbocycles. The molecule has 0 aliphatic rings. The maximum atomic E-state index is 13.6. The molecule has 0 fully saturated rings. The molecule has 16 heteroatoms. The average molecular weight is 611 g/mol. The monoisotopic (exact) mass is 610 g/mol. The Bertz CT molecular complexity index is 1630. The molecule has 3 aromatic heterocycles. The van der Waals surface area contributed by atoms with Gasteiger partial charge in [-0.2, -0.15) is 13.2 Å². The molecule has 4 aromatic rings. The molecule has 0 radical (unpaired) electrons. The second-order valence-corrected chi connectivity index (χ2v) is 11.5. The van der Waals surface area contributed by atoms with E-state index >= 15 is 0 Å². The third kappa shape index (κ3) is 6.75. The van der Waals surface area contributed by atoms with E-state index in [4.69, 9.17) is 14.2 Å². The second-order valence-electron chi connectivity index (χ2n) is 9.11. The van der Waals surface area contributed by atoms with E-state index in [9.17, 15) is 26.0 Å². The molecule has 0 bridgehead atoms. The summed E-state index contributed by atoms with van der Waals surface area (Å²) in [5, 5.41) is 7.24. The Kier molecular flexibility index (Phi) is 8.94. The molecule has 3 heterocycles. The lowest BCUT2D eigenvalue weighted by molar-refractivity contribution is -0.154. The fraction of sp³-hybridized carbons (Fsp3) is 0.346. The van der Waals surface area contributed by atoms with Crippen LogP contribution in [0, 0.1) is 5.82 Å². The lowest BCUT2D eigenvalue weighted by Gasteiger charge is -2.20. The van der Waals surface area contributed by atoms with Crippen molar-refractivity contribution in [3.63, 3.8) is 0 Å². The minimum absolute atomic E-state index is 0.0111. The third-order valence-electron chi connectivity index (χ3n) is 6.34. The van der Waals surface area contributed by atoms with Gasteiger partial charge in [-0.15, -0.1) is 10.2 Å². The van der Waals surface area contributed by atoms with Crippen molar-refractivity contribution >= 4 is 9.84 Å². The molecule has 0 saturated carbocycles. The van der Waals surface area contributed by atoms with Gasteiger partial charge in [-0.25, -0.2) is 27.8 Å². The van der Waals surface area contributed by atoms with Gasteiger partial charge in [0.05, 0.1) is 31.9 Å². The number of rotatable bonds is 11. The molecule has 0 aliphatic heterocycles. The number of benzene rings is 1. The number of hydrogen-bond donors (Lipinski definition) is 0. The molecular formula is C26H26F4N6O5S. The molecule has 0 aliphatic carbocycles. The summed E-state index contributed by atoms with van der Waals surface area (Å²) in [6.07, 6.45) is -2.68. The fourth-order valence-electron chi connectivity index (χ4n) is 4.03. The number of pyridine rings is 1. The van der Waals surface area contributed by atoms with Crippen LogP contribution in [0.2, 0.25) is 0 Å². The molecule has 42 heavy (non-hydrogen) atoms. The Balaban J connectivity index is 1.81. The molecular weight excluding hydrogens is 584 g/mol. The van der Waals surface area contributed by atoms with E-state index < -0.39 is 45.4 Å². The zero-order valence-corrected chi connectivity index (χ0v) is 23.6. The van der Waals surface area contributed by atoms with Gasteiger partial charge in [0.2, 0.25) is 5.88 Å². The molecule has 2 atom stereocenters. The van der Waals surface area contributed by atoms with Crippen LogP contribution in [-0.4, -0.2) is 70.4 Å². The van der Waals surface area contributed by atoms with Gasteiger partial charge < -0.3 is 14.2 Å². The van der Waals surface area contributed by atoms with Crippen molar-refractivity contribution in [2.75, 3.05) is 20.8 Å². The predicted molar refractivity (Wildman–Crippen MR) is 142 cm³/mol. The molecule has 224 valence electrons. The van der Waals surface area contributed by atoms with Crippen molar-refractivity contribution in [3.8, 4) is 34.6 Å². The highest BCUT2D eigenvalue weighted by molar-refractivity contribution is 7.91. The van der Waals surface area contributed by atoms with E-state index in [1.807, 2.05) is 0 Å². The number of methoxy groups -OCH3 is 2. The van der Waals surface area contributed by atoms with E-state index in [1.54, 1.807) is 25.1 Å². The van der Waals surface area contributed by atoms with Crippen molar-refractivity contribution in [2.45, 2.75) is 36.9 Å². The van der Waals surface area contributed by atoms with Gasteiger partial charge in [-0.1, -0.05) is 19.1 Å². The van der Waals surface area contributed by atoms with Crippen molar-refractivity contribution in [1.82, 2.24) is 29.7 Å². The van der Waals surface area contributed by atoms with Crippen molar-refractivity contribution < 1.29 is 40.2 Å². The first-order chi connectivity index (χ1) is 19.8. The summed E-state index contributed by atoms with van der Waals surface area (Å²) in [6, 6.07) is 8.97. The van der Waals surface area contributed by atoms with E-state index in [0.717, 1.165) is 12.4 Å². The summed E-state index contributed by atoms with van der Waals surface area (Å²) in [4.78, 5) is 11.9. The molecule has 0 saturated heterocycles. The number of hydrogen-bond acceptors (Lipinski definition) is 10. The van der Waals surface area contributed by atoms with Crippen LogP contribution in [0.3, 0.4) is 0 Å². The molecule has 11 nitrogen and oxygen atoms in total. The summed E-state index contributed by atoms with van der Waals surface area (Å²) < 4.78 is 96.0. The van der Waals surface area contributed by atoms with Gasteiger partial charge in [-0.05, 0) is 25.1 Å². The number of halogens is 4. The largest absolute Gasteiger partial charge is 0.494 e. The average Bonchev–Trinajstić information content (AvgIpc) is 3.37. The second kappa shape index (κ2) is 12.3. The molecule has 0 N–H and O–H groups in total. The Morgan fingerprint density at radius 2 is 1.57 bits per heavy atom. The van der Waals surface area contributed by atoms with Crippen molar-refractivity contribution in [1.29, 1.82) is 0 Å². The van der Waals surface area contributed by atoms with Crippen molar-refractivity contribution in [2.24, 2.45) is 0 Å². The van der Waals surface area contributed by atoms with Crippen LogP contribution < -0.4 is 14.2 Å². The highest BCUT2D eigenvalue weighted by Crippen LogP contribution is 2.37. The van der Waals surface area contributed by atoms with Gasteiger partial charge >= 0.3 is 6.18 Å². The molecule has 0 unspecified atom stereocenters. The zero-order valence-electron chi connectivity index (χ0n) is 22.8.